The van der Waals surface area contributed by atoms with Crippen LogP contribution in [0.4, 0.5) is 13.2 Å². The molecule has 0 unspecified atom stereocenters. The van der Waals surface area contributed by atoms with Crippen LogP contribution >= 0.6 is 0 Å². The average Bonchev–Trinajstić information content (AvgIpc) is 3.43. The number of hydrogen-bond acceptors (Lipinski definition) is 6. The average molecular weight is 448 g/mol. The number of carbonyl (C=O) groups is 2. The molecule has 1 aliphatic rings. The quantitative estimate of drug-likeness (QED) is 0.617. The van der Waals surface area contributed by atoms with Crippen molar-refractivity contribution in [2.45, 2.75) is 44.8 Å². The summed E-state index contributed by atoms with van der Waals surface area (Å²) >= 11 is 0. The zero-order valence-electron chi connectivity index (χ0n) is 17.2. The van der Waals surface area contributed by atoms with Crippen LogP contribution in [0.25, 0.3) is 5.69 Å². The zero-order chi connectivity index (χ0) is 23.3. The summed E-state index contributed by atoms with van der Waals surface area (Å²) < 4.78 is 45.6. The van der Waals surface area contributed by atoms with Gasteiger partial charge in [-0.25, -0.2) is 4.68 Å². The van der Waals surface area contributed by atoms with Crippen LogP contribution < -0.4 is 11.1 Å². The molecule has 2 amide bonds. The lowest BCUT2D eigenvalue weighted by molar-refractivity contribution is -0.137. The number of halogens is 3. The van der Waals surface area contributed by atoms with Crippen molar-refractivity contribution in [3.05, 3.63) is 58.5 Å². The molecule has 0 fully saturated rings. The van der Waals surface area contributed by atoms with Crippen molar-refractivity contribution in [2.75, 3.05) is 0 Å². The Morgan fingerprint density at radius 3 is 2.62 bits per heavy atom. The maximum atomic E-state index is 13.1. The van der Waals surface area contributed by atoms with Crippen molar-refractivity contribution in [3.63, 3.8) is 0 Å². The highest BCUT2D eigenvalue weighted by Crippen LogP contribution is 2.33. The Morgan fingerprint density at radius 2 is 1.97 bits per heavy atom. The number of rotatable bonds is 5. The van der Waals surface area contributed by atoms with E-state index in [2.05, 4.69) is 20.6 Å². The number of fused-ring (bicyclic) bond motifs is 1. The molecule has 0 spiro atoms. The number of benzene rings is 1. The van der Waals surface area contributed by atoms with Gasteiger partial charge in [-0.2, -0.15) is 23.3 Å². The third kappa shape index (κ3) is 3.83. The Hall–Kier alpha value is -3.70. The molecule has 1 aromatic carbocycles. The van der Waals surface area contributed by atoms with Crippen LogP contribution in [-0.4, -0.2) is 31.7 Å². The SMILES string of the molecule is CC(C)(NC(=O)c1nn(-c2cccc(C(F)(F)F)c2)c2c1CCC2)c1noc(C(N)=O)n1. The first-order valence-electron chi connectivity index (χ1n) is 9.72. The lowest BCUT2D eigenvalue weighted by atomic mass is 10.0. The third-order valence-electron chi connectivity index (χ3n) is 5.19. The van der Waals surface area contributed by atoms with E-state index in [4.69, 9.17) is 10.3 Å². The first kappa shape index (κ1) is 21.5. The molecule has 1 aliphatic carbocycles. The van der Waals surface area contributed by atoms with Crippen LogP contribution in [0, 0.1) is 0 Å². The summed E-state index contributed by atoms with van der Waals surface area (Å²) in [6.45, 7) is 3.20. The number of nitrogens with zero attached hydrogens (tertiary/aromatic N) is 4. The maximum absolute atomic E-state index is 13.1. The fraction of sp³-hybridized carbons (Fsp3) is 0.350. The number of nitrogens with one attached hydrogen (secondary N) is 1. The van der Waals surface area contributed by atoms with Crippen LogP contribution in [0.15, 0.2) is 28.8 Å². The molecule has 0 bridgehead atoms. The van der Waals surface area contributed by atoms with Crippen molar-refractivity contribution < 1.29 is 27.3 Å². The first-order valence-corrected chi connectivity index (χ1v) is 9.72. The van der Waals surface area contributed by atoms with E-state index < -0.39 is 35.0 Å². The summed E-state index contributed by atoms with van der Waals surface area (Å²) in [5.74, 6) is -1.81. The number of hydrogen-bond donors (Lipinski definition) is 2. The summed E-state index contributed by atoms with van der Waals surface area (Å²) in [7, 11) is 0. The number of carbonyl (C=O) groups excluding carboxylic acids is 2. The van der Waals surface area contributed by atoms with Crippen molar-refractivity contribution in [2.24, 2.45) is 5.73 Å². The molecule has 0 saturated carbocycles. The summed E-state index contributed by atoms with van der Waals surface area (Å²) in [5, 5.41) is 10.8. The number of primary amides is 1. The minimum Gasteiger partial charge on any atom is -0.361 e. The van der Waals surface area contributed by atoms with E-state index in [0.29, 0.717) is 24.1 Å². The molecule has 12 heteroatoms. The molecular weight excluding hydrogens is 429 g/mol. The van der Waals surface area contributed by atoms with Crippen molar-refractivity contribution >= 4 is 11.8 Å². The Morgan fingerprint density at radius 1 is 1.22 bits per heavy atom. The lowest BCUT2D eigenvalue weighted by Crippen LogP contribution is -2.42. The molecule has 9 nitrogen and oxygen atoms in total. The van der Waals surface area contributed by atoms with Crippen molar-refractivity contribution in [3.8, 4) is 5.69 Å². The zero-order valence-corrected chi connectivity index (χ0v) is 17.2. The summed E-state index contributed by atoms with van der Waals surface area (Å²) in [4.78, 5) is 28.1. The Balaban J connectivity index is 1.67. The van der Waals surface area contributed by atoms with Gasteiger partial charge < -0.3 is 15.6 Å². The predicted molar refractivity (Wildman–Crippen MR) is 104 cm³/mol. The lowest BCUT2D eigenvalue weighted by Gasteiger charge is -2.21. The summed E-state index contributed by atoms with van der Waals surface area (Å²) in [6, 6.07) is 4.80. The molecule has 2 heterocycles. The van der Waals surface area contributed by atoms with E-state index in [1.807, 2.05) is 0 Å². The van der Waals surface area contributed by atoms with E-state index >= 15 is 0 Å². The molecule has 0 aliphatic heterocycles. The van der Waals surface area contributed by atoms with Crippen LogP contribution in [0.5, 0.6) is 0 Å². The molecule has 168 valence electrons. The molecule has 32 heavy (non-hydrogen) atoms. The molecular formula is C20H19F3N6O3. The van der Waals surface area contributed by atoms with Gasteiger partial charge in [0.15, 0.2) is 11.5 Å². The normalized spacial score (nSPS) is 13.8. The van der Waals surface area contributed by atoms with Gasteiger partial charge in [0.25, 0.3) is 5.91 Å². The minimum absolute atomic E-state index is 0.0357. The van der Waals surface area contributed by atoms with Gasteiger partial charge in [-0.3, -0.25) is 9.59 Å². The van der Waals surface area contributed by atoms with Gasteiger partial charge >= 0.3 is 18.0 Å². The van der Waals surface area contributed by atoms with E-state index in [1.54, 1.807) is 13.8 Å². The largest absolute Gasteiger partial charge is 0.416 e. The molecule has 4 rings (SSSR count). The maximum Gasteiger partial charge on any atom is 0.416 e. The van der Waals surface area contributed by atoms with Crippen LogP contribution in [0.2, 0.25) is 0 Å². The van der Waals surface area contributed by atoms with E-state index in [0.717, 1.165) is 18.6 Å². The number of aromatic nitrogens is 4. The smallest absolute Gasteiger partial charge is 0.361 e. The van der Waals surface area contributed by atoms with Crippen LogP contribution in [0.1, 0.15) is 64.1 Å². The molecule has 0 saturated heterocycles. The highest BCUT2D eigenvalue weighted by molar-refractivity contribution is 5.95. The Labute approximate surface area is 179 Å². The standard InChI is InChI=1S/C20H19F3N6O3/c1-19(2,18-25-17(15(24)30)32-28-18)26-16(31)14-12-7-4-8-13(12)29(27-14)11-6-3-5-10(9-11)20(21,22)23/h3,5-6,9H,4,7-8H2,1-2H3,(H2,24,30)(H,26,31). The summed E-state index contributed by atoms with van der Waals surface area (Å²) in [5.41, 5.74) is 4.89. The topological polar surface area (TPSA) is 129 Å². The van der Waals surface area contributed by atoms with Gasteiger partial charge in [-0.05, 0) is 51.3 Å². The third-order valence-corrected chi connectivity index (χ3v) is 5.19. The molecule has 3 N–H and O–H groups in total. The highest BCUT2D eigenvalue weighted by Gasteiger charge is 2.35. The molecule has 0 atom stereocenters. The van der Waals surface area contributed by atoms with Gasteiger partial charge in [0.1, 0.15) is 0 Å². The van der Waals surface area contributed by atoms with Crippen LogP contribution in [0.3, 0.4) is 0 Å². The summed E-state index contributed by atoms with van der Waals surface area (Å²) in [6.07, 6.45) is -2.58. The highest BCUT2D eigenvalue weighted by atomic mass is 19.4. The van der Waals surface area contributed by atoms with Gasteiger partial charge in [-0.15, -0.1) is 0 Å². The molecule has 3 aromatic rings. The van der Waals surface area contributed by atoms with Crippen LogP contribution in [-0.2, 0) is 24.6 Å². The predicted octanol–water partition coefficient (Wildman–Crippen LogP) is 2.53. The van der Waals surface area contributed by atoms with Crippen molar-refractivity contribution in [1.29, 1.82) is 0 Å². The van der Waals surface area contributed by atoms with E-state index in [1.165, 1.54) is 16.8 Å². The number of amides is 2. The minimum atomic E-state index is -4.50. The fourth-order valence-corrected chi connectivity index (χ4v) is 3.62. The number of nitrogens with two attached hydrogens (primary N) is 1. The second-order valence-electron chi connectivity index (χ2n) is 7.95. The number of alkyl halides is 3. The van der Waals surface area contributed by atoms with Gasteiger partial charge in [0, 0.05) is 11.3 Å². The van der Waals surface area contributed by atoms with Gasteiger partial charge in [0.2, 0.25) is 0 Å². The molecule has 2 aromatic heterocycles. The Kier molecular flexibility index (Phi) is 5.02. The van der Waals surface area contributed by atoms with E-state index in [9.17, 15) is 22.8 Å². The van der Waals surface area contributed by atoms with Gasteiger partial charge in [0.05, 0.1) is 16.8 Å². The Bertz CT molecular complexity index is 1210. The second kappa shape index (κ2) is 7.46. The first-order chi connectivity index (χ1) is 15.0. The van der Waals surface area contributed by atoms with Crippen molar-refractivity contribution in [1.82, 2.24) is 25.2 Å². The second-order valence-corrected chi connectivity index (χ2v) is 7.95. The van der Waals surface area contributed by atoms with Gasteiger partial charge in [-0.1, -0.05) is 11.2 Å². The monoisotopic (exact) mass is 448 g/mol. The molecule has 0 radical (unpaired) electrons. The fourth-order valence-electron chi connectivity index (χ4n) is 3.62. The van der Waals surface area contributed by atoms with E-state index in [-0.39, 0.29) is 17.2 Å².